The van der Waals surface area contributed by atoms with Crippen LogP contribution in [0.15, 0.2) is 30.6 Å². The number of nitrogens with one attached hydrogen (secondary N) is 1. The minimum atomic E-state index is 0.318. The van der Waals surface area contributed by atoms with Crippen LogP contribution in [0, 0.1) is 0 Å². The van der Waals surface area contributed by atoms with E-state index in [-0.39, 0.29) is 0 Å². The molecule has 5 heteroatoms. The van der Waals surface area contributed by atoms with E-state index in [4.69, 9.17) is 4.74 Å². The van der Waals surface area contributed by atoms with Gasteiger partial charge >= 0.3 is 0 Å². The quantitative estimate of drug-likeness (QED) is 0.843. The lowest BCUT2D eigenvalue weighted by molar-refractivity contribution is 0.202. The fourth-order valence-corrected chi connectivity index (χ4v) is 2.13. The van der Waals surface area contributed by atoms with Gasteiger partial charge in [0, 0.05) is 18.8 Å². The number of para-hydroxylation sites is 1. The monoisotopic (exact) mass is 274 g/mol. The second-order valence-corrected chi connectivity index (χ2v) is 4.97. The van der Waals surface area contributed by atoms with Gasteiger partial charge in [-0.05, 0) is 31.9 Å². The van der Waals surface area contributed by atoms with Crippen LogP contribution in [-0.2, 0) is 17.7 Å². The molecular formula is C15H22N4O. The molecule has 0 bridgehead atoms. The summed E-state index contributed by atoms with van der Waals surface area (Å²) in [4.78, 5) is 4.31. The van der Waals surface area contributed by atoms with Crippen LogP contribution in [0.25, 0.3) is 0 Å². The Morgan fingerprint density at radius 1 is 1.30 bits per heavy atom. The molecule has 2 aromatic rings. The van der Waals surface area contributed by atoms with E-state index in [1.54, 1.807) is 13.4 Å². The highest BCUT2D eigenvalue weighted by molar-refractivity contribution is 5.51. The first-order valence-electron chi connectivity index (χ1n) is 6.91. The molecule has 1 N–H and O–H groups in total. The van der Waals surface area contributed by atoms with Crippen LogP contribution in [0.4, 0.5) is 5.69 Å². The molecule has 0 radical (unpaired) electrons. The van der Waals surface area contributed by atoms with E-state index < -0.39 is 0 Å². The van der Waals surface area contributed by atoms with Crippen molar-refractivity contribution in [2.75, 3.05) is 19.0 Å². The molecule has 108 valence electrons. The van der Waals surface area contributed by atoms with Gasteiger partial charge in [-0.1, -0.05) is 18.2 Å². The predicted molar refractivity (Wildman–Crippen MR) is 79.8 cm³/mol. The van der Waals surface area contributed by atoms with Crippen LogP contribution in [0.3, 0.4) is 0 Å². The molecule has 0 amide bonds. The molecule has 0 saturated heterocycles. The number of nitrogens with zero attached hydrogens (tertiary/aromatic N) is 3. The van der Waals surface area contributed by atoms with Crippen molar-refractivity contribution in [3.8, 4) is 0 Å². The Hall–Kier alpha value is -1.88. The molecule has 1 aromatic heterocycles. The van der Waals surface area contributed by atoms with Gasteiger partial charge in [-0.3, -0.25) is 0 Å². The Labute approximate surface area is 120 Å². The minimum absolute atomic E-state index is 0.318. The average Bonchev–Trinajstić information content (AvgIpc) is 2.92. The lowest BCUT2D eigenvalue weighted by atomic mass is 10.1. The number of benzene rings is 1. The highest BCUT2D eigenvalue weighted by atomic mass is 16.5. The van der Waals surface area contributed by atoms with Crippen LogP contribution < -0.4 is 5.32 Å². The van der Waals surface area contributed by atoms with Crippen molar-refractivity contribution in [1.29, 1.82) is 0 Å². The normalized spacial score (nSPS) is 11.0. The Balaban J connectivity index is 2.05. The highest BCUT2D eigenvalue weighted by Gasteiger charge is 2.08. The Bertz CT molecular complexity index is 536. The van der Waals surface area contributed by atoms with E-state index in [0.29, 0.717) is 12.6 Å². The van der Waals surface area contributed by atoms with Gasteiger partial charge in [0.1, 0.15) is 12.2 Å². The summed E-state index contributed by atoms with van der Waals surface area (Å²) in [6.07, 6.45) is 2.50. The number of hydrogen-bond donors (Lipinski definition) is 1. The van der Waals surface area contributed by atoms with Gasteiger partial charge in [-0.25, -0.2) is 9.67 Å². The van der Waals surface area contributed by atoms with Crippen LogP contribution in [0.1, 0.15) is 31.3 Å². The molecule has 20 heavy (non-hydrogen) atoms. The molecule has 1 heterocycles. The zero-order chi connectivity index (χ0) is 14.4. The van der Waals surface area contributed by atoms with Crippen molar-refractivity contribution < 1.29 is 4.74 Å². The second-order valence-electron chi connectivity index (χ2n) is 4.97. The van der Waals surface area contributed by atoms with E-state index in [1.807, 2.05) is 16.8 Å². The second kappa shape index (κ2) is 7.05. The zero-order valence-corrected chi connectivity index (χ0v) is 12.3. The molecule has 0 saturated carbocycles. The Kier molecular flexibility index (Phi) is 5.12. The maximum atomic E-state index is 5.15. The number of anilines is 1. The molecule has 0 atom stereocenters. The molecular weight excluding hydrogens is 252 g/mol. The average molecular weight is 274 g/mol. The summed E-state index contributed by atoms with van der Waals surface area (Å²) in [7, 11) is 1.72. The molecule has 0 unspecified atom stereocenters. The van der Waals surface area contributed by atoms with Crippen LogP contribution in [0.2, 0.25) is 0 Å². The molecule has 5 nitrogen and oxygen atoms in total. The first-order valence-corrected chi connectivity index (χ1v) is 6.91. The molecule has 0 fully saturated rings. The molecule has 0 aliphatic carbocycles. The van der Waals surface area contributed by atoms with Gasteiger partial charge in [0.2, 0.25) is 0 Å². The van der Waals surface area contributed by atoms with E-state index in [2.05, 4.69) is 41.4 Å². The Morgan fingerprint density at radius 2 is 2.10 bits per heavy atom. The van der Waals surface area contributed by atoms with Crippen molar-refractivity contribution in [3.05, 3.63) is 42.0 Å². The molecule has 0 aliphatic heterocycles. The number of methoxy groups -OCH3 is 1. The van der Waals surface area contributed by atoms with Crippen molar-refractivity contribution in [3.63, 3.8) is 0 Å². The van der Waals surface area contributed by atoms with Gasteiger partial charge in [-0.15, -0.1) is 0 Å². The lowest BCUT2D eigenvalue weighted by Gasteiger charge is -2.13. The third-order valence-electron chi connectivity index (χ3n) is 3.17. The van der Waals surface area contributed by atoms with Gasteiger partial charge in [0.15, 0.2) is 0 Å². The molecule has 0 spiro atoms. The highest BCUT2D eigenvalue weighted by Crippen LogP contribution is 2.17. The van der Waals surface area contributed by atoms with Gasteiger partial charge in [0.25, 0.3) is 0 Å². The van der Waals surface area contributed by atoms with Crippen molar-refractivity contribution in [2.24, 2.45) is 0 Å². The predicted octanol–water partition coefficient (Wildman–Crippen LogP) is 2.66. The van der Waals surface area contributed by atoms with Crippen LogP contribution in [-0.4, -0.2) is 28.5 Å². The third kappa shape index (κ3) is 3.57. The molecule has 0 aliphatic rings. The molecule has 1 aromatic carbocycles. The molecule has 2 rings (SSSR count). The van der Waals surface area contributed by atoms with Gasteiger partial charge in [0.05, 0.1) is 13.2 Å². The van der Waals surface area contributed by atoms with E-state index >= 15 is 0 Å². The smallest absolute Gasteiger partial charge is 0.146 e. The number of ether oxygens (including phenoxy) is 1. The lowest BCUT2D eigenvalue weighted by Crippen LogP contribution is -2.12. The van der Waals surface area contributed by atoms with E-state index in [1.165, 1.54) is 5.56 Å². The fraction of sp³-hybridized carbons (Fsp3) is 0.467. The summed E-state index contributed by atoms with van der Waals surface area (Å²) in [5, 5.41) is 7.69. The zero-order valence-electron chi connectivity index (χ0n) is 12.3. The number of hydrogen-bond acceptors (Lipinski definition) is 4. The maximum absolute atomic E-state index is 5.15. The first-order chi connectivity index (χ1) is 9.72. The summed E-state index contributed by atoms with van der Waals surface area (Å²) in [5.41, 5.74) is 2.38. The number of aromatic nitrogens is 3. The van der Waals surface area contributed by atoms with Gasteiger partial charge in [-0.2, -0.15) is 5.10 Å². The first kappa shape index (κ1) is 14.5. The third-order valence-corrected chi connectivity index (χ3v) is 3.17. The summed E-state index contributed by atoms with van der Waals surface area (Å²) >= 11 is 0. The van der Waals surface area contributed by atoms with E-state index in [9.17, 15) is 0 Å². The van der Waals surface area contributed by atoms with E-state index in [0.717, 1.165) is 24.5 Å². The maximum Gasteiger partial charge on any atom is 0.146 e. The topological polar surface area (TPSA) is 52.0 Å². The summed E-state index contributed by atoms with van der Waals surface area (Å²) < 4.78 is 7.08. The summed E-state index contributed by atoms with van der Waals surface area (Å²) in [6.45, 7) is 5.60. The minimum Gasteiger partial charge on any atom is -0.384 e. The van der Waals surface area contributed by atoms with Gasteiger partial charge < -0.3 is 10.1 Å². The number of rotatable bonds is 7. The van der Waals surface area contributed by atoms with Crippen molar-refractivity contribution in [1.82, 2.24) is 14.8 Å². The summed E-state index contributed by atoms with van der Waals surface area (Å²) in [5.74, 6) is 0.946. The van der Waals surface area contributed by atoms with Crippen LogP contribution >= 0.6 is 0 Å². The standard InChI is InChI=1S/C15H22N4O/c1-12(2)19-15(17-11-18-19)10-16-14-7-5-4-6-13(14)8-9-20-3/h4-7,11-12,16H,8-10H2,1-3H3. The van der Waals surface area contributed by atoms with Crippen LogP contribution in [0.5, 0.6) is 0 Å². The SMILES string of the molecule is COCCc1ccccc1NCc1ncnn1C(C)C. The Morgan fingerprint density at radius 3 is 2.85 bits per heavy atom. The fourth-order valence-electron chi connectivity index (χ4n) is 2.13. The summed E-state index contributed by atoms with van der Waals surface area (Å²) in [6, 6.07) is 8.60. The van der Waals surface area contributed by atoms with Crippen molar-refractivity contribution >= 4 is 5.69 Å². The largest absolute Gasteiger partial charge is 0.384 e. The van der Waals surface area contributed by atoms with Crippen molar-refractivity contribution in [2.45, 2.75) is 32.9 Å².